The van der Waals surface area contributed by atoms with Crippen LogP contribution in [0.4, 0.5) is 0 Å². The summed E-state index contributed by atoms with van der Waals surface area (Å²) in [6, 6.07) is 6.36. The van der Waals surface area contributed by atoms with E-state index in [-0.39, 0.29) is 12.0 Å². The van der Waals surface area contributed by atoms with Gasteiger partial charge in [0.05, 0.1) is 13.2 Å². The first-order valence-corrected chi connectivity index (χ1v) is 8.57. The Hall–Kier alpha value is -1.75. The van der Waals surface area contributed by atoms with Gasteiger partial charge >= 0.3 is 5.97 Å². The van der Waals surface area contributed by atoms with Crippen molar-refractivity contribution in [3.8, 4) is 11.5 Å². The van der Waals surface area contributed by atoms with Crippen LogP contribution in [0.5, 0.6) is 11.5 Å². The average Bonchev–Trinajstić information content (AvgIpc) is 3.02. The van der Waals surface area contributed by atoms with Crippen molar-refractivity contribution in [1.29, 1.82) is 0 Å². The molecule has 0 N–H and O–H groups in total. The number of rotatable bonds is 6. The molecule has 2 aliphatic rings. The standard InChI is InChI=1S/C18H25NO4/c1-2-3-9-23-18(20)13-19-8-4-5-15(19)14-6-7-16-17(12-14)22-11-10-21-16/h6-7,12,15H,2-5,8-11,13H2,1H3. The Morgan fingerprint density at radius 3 is 2.96 bits per heavy atom. The van der Waals surface area contributed by atoms with E-state index in [0.717, 1.165) is 43.7 Å². The third-order valence-corrected chi connectivity index (χ3v) is 4.41. The molecule has 3 rings (SSSR count). The molecular formula is C18H25NO4. The van der Waals surface area contributed by atoms with Gasteiger partial charge in [-0.3, -0.25) is 9.69 Å². The summed E-state index contributed by atoms with van der Waals surface area (Å²) in [4.78, 5) is 14.2. The van der Waals surface area contributed by atoms with E-state index in [0.29, 0.717) is 26.4 Å². The fraction of sp³-hybridized carbons (Fsp3) is 0.611. The molecule has 5 heteroatoms. The number of esters is 1. The molecule has 23 heavy (non-hydrogen) atoms. The van der Waals surface area contributed by atoms with Gasteiger partial charge < -0.3 is 14.2 Å². The first kappa shape index (κ1) is 16.1. The molecule has 0 radical (unpaired) electrons. The van der Waals surface area contributed by atoms with Crippen LogP contribution in [0.25, 0.3) is 0 Å². The number of likely N-dealkylation sites (tertiary alicyclic amines) is 1. The summed E-state index contributed by atoms with van der Waals surface area (Å²) in [6.07, 6.45) is 4.12. The van der Waals surface area contributed by atoms with Crippen LogP contribution in [0.1, 0.15) is 44.2 Å². The number of hydrogen-bond acceptors (Lipinski definition) is 5. The zero-order chi connectivity index (χ0) is 16.1. The molecule has 0 bridgehead atoms. The van der Waals surface area contributed by atoms with Crippen LogP contribution in [0.15, 0.2) is 18.2 Å². The molecular weight excluding hydrogens is 294 g/mol. The van der Waals surface area contributed by atoms with Crippen molar-refractivity contribution in [2.24, 2.45) is 0 Å². The molecule has 2 heterocycles. The van der Waals surface area contributed by atoms with Gasteiger partial charge in [-0.25, -0.2) is 0 Å². The van der Waals surface area contributed by atoms with Gasteiger partial charge in [-0.05, 0) is 43.5 Å². The Morgan fingerprint density at radius 1 is 1.30 bits per heavy atom. The second-order valence-corrected chi connectivity index (χ2v) is 6.11. The van der Waals surface area contributed by atoms with Crippen LogP contribution in [0, 0.1) is 0 Å². The maximum absolute atomic E-state index is 12.0. The molecule has 126 valence electrons. The number of ether oxygens (including phenoxy) is 3. The van der Waals surface area contributed by atoms with Crippen LogP contribution in [0.2, 0.25) is 0 Å². The van der Waals surface area contributed by atoms with Gasteiger partial charge in [0.2, 0.25) is 0 Å². The molecule has 1 unspecified atom stereocenters. The van der Waals surface area contributed by atoms with Crippen molar-refractivity contribution >= 4 is 5.97 Å². The van der Waals surface area contributed by atoms with E-state index in [2.05, 4.69) is 24.0 Å². The topological polar surface area (TPSA) is 48.0 Å². The maximum atomic E-state index is 12.0. The fourth-order valence-electron chi connectivity index (χ4n) is 3.20. The second-order valence-electron chi connectivity index (χ2n) is 6.11. The Labute approximate surface area is 137 Å². The zero-order valence-corrected chi connectivity index (χ0v) is 13.8. The van der Waals surface area contributed by atoms with Crippen molar-refractivity contribution in [2.45, 2.75) is 38.6 Å². The first-order valence-electron chi connectivity index (χ1n) is 8.57. The van der Waals surface area contributed by atoms with Gasteiger partial charge in [-0.1, -0.05) is 19.4 Å². The molecule has 0 saturated carbocycles. The molecule has 1 atom stereocenters. The van der Waals surface area contributed by atoms with Gasteiger partial charge in [0, 0.05) is 6.04 Å². The lowest BCUT2D eigenvalue weighted by Gasteiger charge is -2.25. The second kappa shape index (κ2) is 7.68. The third kappa shape index (κ3) is 3.96. The lowest BCUT2D eigenvalue weighted by Crippen LogP contribution is -2.31. The van der Waals surface area contributed by atoms with Crippen LogP contribution in [0.3, 0.4) is 0 Å². The van der Waals surface area contributed by atoms with Gasteiger partial charge in [-0.15, -0.1) is 0 Å². The number of nitrogens with zero attached hydrogens (tertiary/aromatic N) is 1. The van der Waals surface area contributed by atoms with Gasteiger partial charge in [0.25, 0.3) is 0 Å². The van der Waals surface area contributed by atoms with Crippen molar-refractivity contribution in [3.05, 3.63) is 23.8 Å². The summed E-state index contributed by atoms with van der Waals surface area (Å²) in [5, 5.41) is 0. The lowest BCUT2D eigenvalue weighted by molar-refractivity contribution is -0.145. The smallest absolute Gasteiger partial charge is 0.320 e. The number of benzene rings is 1. The Morgan fingerprint density at radius 2 is 2.13 bits per heavy atom. The molecule has 2 aliphatic heterocycles. The predicted molar refractivity (Wildman–Crippen MR) is 86.8 cm³/mol. The van der Waals surface area contributed by atoms with Gasteiger partial charge in [0.1, 0.15) is 13.2 Å². The highest BCUT2D eigenvalue weighted by atomic mass is 16.6. The molecule has 0 spiro atoms. The monoisotopic (exact) mass is 319 g/mol. The van der Waals surface area contributed by atoms with Crippen LogP contribution in [-0.2, 0) is 9.53 Å². The molecule has 0 amide bonds. The molecule has 1 aromatic carbocycles. The van der Waals surface area contributed by atoms with Crippen molar-refractivity contribution in [2.75, 3.05) is 32.9 Å². The van der Waals surface area contributed by atoms with Crippen molar-refractivity contribution in [3.63, 3.8) is 0 Å². The fourth-order valence-corrected chi connectivity index (χ4v) is 3.20. The highest BCUT2D eigenvalue weighted by Crippen LogP contribution is 2.37. The third-order valence-electron chi connectivity index (χ3n) is 4.41. The van der Waals surface area contributed by atoms with E-state index in [1.807, 2.05) is 6.07 Å². The number of fused-ring (bicyclic) bond motifs is 1. The minimum atomic E-state index is -0.122. The van der Waals surface area contributed by atoms with Crippen LogP contribution < -0.4 is 9.47 Å². The summed E-state index contributed by atoms with van der Waals surface area (Å²) >= 11 is 0. The number of carbonyl (C=O) groups is 1. The highest BCUT2D eigenvalue weighted by Gasteiger charge is 2.29. The molecule has 0 aromatic heterocycles. The van der Waals surface area contributed by atoms with E-state index in [1.54, 1.807) is 0 Å². The minimum absolute atomic E-state index is 0.122. The summed E-state index contributed by atoms with van der Waals surface area (Å²) in [6.45, 7) is 5.11. The van der Waals surface area contributed by atoms with Gasteiger partial charge in [-0.2, -0.15) is 0 Å². The van der Waals surface area contributed by atoms with Crippen LogP contribution >= 0.6 is 0 Å². The van der Waals surface area contributed by atoms with E-state index >= 15 is 0 Å². The Kier molecular flexibility index (Phi) is 5.39. The van der Waals surface area contributed by atoms with Gasteiger partial charge in [0.15, 0.2) is 11.5 Å². The SMILES string of the molecule is CCCCOC(=O)CN1CCCC1c1ccc2c(c1)OCCO2. The molecule has 5 nitrogen and oxygen atoms in total. The summed E-state index contributed by atoms with van der Waals surface area (Å²) in [5.41, 5.74) is 1.19. The minimum Gasteiger partial charge on any atom is -0.486 e. The van der Waals surface area contributed by atoms with Crippen LogP contribution in [-0.4, -0.2) is 43.8 Å². The van der Waals surface area contributed by atoms with Crippen molar-refractivity contribution < 1.29 is 19.0 Å². The molecule has 1 fully saturated rings. The number of unbranched alkanes of at least 4 members (excludes halogenated alkanes) is 1. The largest absolute Gasteiger partial charge is 0.486 e. The maximum Gasteiger partial charge on any atom is 0.320 e. The molecule has 0 aliphatic carbocycles. The van der Waals surface area contributed by atoms with E-state index < -0.39 is 0 Å². The van der Waals surface area contributed by atoms with E-state index in [9.17, 15) is 4.79 Å². The summed E-state index contributed by atoms with van der Waals surface area (Å²) < 4.78 is 16.5. The first-order chi connectivity index (χ1) is 11.3. The summed E-state index contributed by atoms with van der Waals surface area (Å²) in [5.74, 6) is 1.50. The van der Waals surface area contributed by atoms with E-state index in [4.69, 9.17) is 14.2 Å². The Balaban J connectivity index is 1.63. The quantitative estimate of drug-likeness (QED) is 0.596. The number of carbonyl (C=O) groups excluding carboxylic acids is 1. The lowest BCUT2D eigenvalue weighted by atomic mass is 10.0. The molecule has 1 aromatic rings. The van der Waals surface area contributed by atoms with Crippen molar-refractivity contribution in [1.82, 2.24) is 4.90 Å². The predicted octanol–water partition coefficient (Wildman–Crippen LogP) is 2.94. The highest BCUT2D eigenvalue weighted by molar-refractivity contribution is 5.71. The van der Waals surface area contributed by atoms with E-state index in [1.165, 1.54) is 5.56 Å². The normalized spacial score (nSPS) is 20.5. The number of hydrogen-bond donors (Lipinski definition) is 0. The Bertz CT molecular complexity index is 546. The zero-order valence-electron chi connectivity index (χ0n) is 13.8. The molecule has 1 saturated heterocycles. The summed E-state index contributed by atoms with van der Waals surface area (Å²) in [7, 11) is 0. The average molecular weight is 319 g/mol.